The van der Waals surface area contributed by atoms with E-state index in [9.17, 15) is 4.79 Å². The molecule has 4 heteroatoms. The Hall–Kier alpha value is -0.870. The summed E-state index contributed by atoms with van der Waals surface area (Å²) in [5, 5.41) is 17.6. The van der Waals surface area contributed by atoms with Gasteiger partial charge in [0.05, 0.1) is 13.2 Å². The van der Waals surface area contributed by atoms with Crippen molar-refractivity contribution >= 4 is 5.91 Å². The van der Waals surface area contributed by atoms with Crippen LogP contribution < -0.4 is 0 Å². The first-order chi connectivity index (χ1) is 7.29. The summed E-state index contributed by atoms with van der Waals surface area (Å²) in [6.45, 7) is 0.543. The Kier molecular flexibility index (Phi) is 5.36. The zero-order valence-electron chi connectivity index (χ0n) is 8.93. The fraction of sp³-hybridized carbons (Fsp3) is 0.727. The van der Waals surface area contributed by atoms with E-state index in [4.69, 9.17) is 10.2 Å². The minimum atomic E-state index is -0.0473. The molecule has 1 rings (SSSR count). The first kappa shape index (κ1) is 12.2. The van der Waals surface area contributed by atoms with Gasteiger partial charge < -0.3 is 15.1 Å². The lowest BCUT2D eigenvalue weighted by Gasteiger charge is -2.26. The molecule has 86 valence electrons. The standard InChI is InChI=1S/C11H19NO3/c13-8-6-12(7-9-14)11(15)10-4-2-1-3-5-10/h1-2,10,13-14H,3-9H2. The topological polar surface area (TPSA) is 60.8 Å². The van der Waals surface area contributed by atoms with E-state index in [1.807, 2.05) is 6.08 Å². The van der Waals surface area contributed by atoms with Gasteiger partial charge in [0.15, 0.2) is 0 Å². The highest BCUT2D eigenvalue weighted by Gasteiger charge is 2.23. The number of rotatable bonds is 5. The molecule has 0 aromatic carbocycles. The number of hydrogen-bond acceptors (Lipinski definition) is 3. The van der Waals surface area contributed by atoms with E-state index in [-0.39, 0.29) is 25.0 Å². The van der Waals surface area contributed by atoms with Gasteiger partial charge in [0, 0.05) is 19.0 Å². The van der Waals surface area contributed by atoms with Crippen LogP contribution in [0.1, 0.15) is 19.3 Å². The van der Waals surface area contributed by atoms with Crippen molar-refractivity contribution in [2.75, 3.05) is 26.3 Å². The first-order valence-corrected chi connectivity index (χ1v) is 5.45. The summed E-state index contributed by atoms with van der Waals surface area (Å²) in [6.07, 6.45) is 6.73. The molecule has 1 aliphatic rings. The minimum Gasteiger partial charge on any atom is -0.395 e. The Morgan fingerprint density at radius 1 is 1.27 bits per heavy atom. The molecule has 0 fully saturated rings. The van der Waals surface area contributed by atoms with E-state index >= 15 is 0 Å². The Morgan fingerprint density at radius 2 is 1.93 bits per heavy atom. The van der Waals surface area contributed by atoms with E-state index in [2.05, 4.69) is 6.08 Å². The molecule has 0 saturated heterocycles. The van der Waals surface area contributed by atoms with Crippen molar-refractivity contribution < 1.29 is 15.0 Å². The van der Waals surface area contributed by atoms with Crippen molar-refractivity contribution in [2.45, 2.75) is 19.3 Å². The third kappa shape index (κ3) is 3.64. The molecule has 0 radical (unpaired) electrons. The molecule has 0 spiro atoms. The summed E-state index contributed by atoms with van der Waals surface area (Å²) < 4.78 is 0. The van der Waals surface area contributed by atoms with Gasteiger partial charge in [-0.05, 0) is 19.3 Å². The largest absolute Gasteiger partial charge is 0.395 e. The van der Waals surface area contributed by atoms with Crippen LogP contribution in [-0.2, 0) is 4.79 Å². The Bertz CT molecular complexity index is 222. The molecule has 4 nitrogen and oxygen atoms in total. The van der Waals surface area contributed by atoms with E-state index < -0.39 is 0 Å². The number of hydrogen-bond donors (Lipinski definition) is 2. The third-order valence-electron chi connectivity index (χ3n) is 2.67. The van der Waals surface area contributed by atoms with Crippen molar-refractivity contribution in [3.63, 3.8) is 0 Å². The molecule has 15 heavy (non-hydrogen) atoms. The predicted octanol–water partition coefficient (Wildman–Crippen LogP) is 0.156. The second-order valence-corrected chi connectivity index (χ2v) is 3.75. The van der Waals surface area contributed by atoms with Gasteiger partial charge >= 0.3 is 0 Å². The van der Waals surface area contributed by atoms with Gasteiger partial charge in [0.1, 0.15) is 0 Å². The molecule has 1 atom stereocenters. The lowest BCUT2D eigenvalue weighted by Crippen LogP contribution is -2.40. The van der Waals surface area contributed by atoms with Gasteiger partial charge in [-0.3, -0.25) is 4.79 Å². The smallest absolute Gasteiger partial charge is 0.226 e. The summed E-state index contributed by atoms with van der Waals surface area (Å²) in [5.74, 6) is 0.0931. The normalized spacial score (nSPS) is 20.3. The highest BCUT2D eigenvalue weighted by molar-refractivity contribution is 5.79. The Morgan fingerprint density at radius 3 is 2.40 bits per heavy atom. The van der Waals surface area contributed by atoms with E-state index in [1.165, 1.54) is 0 Å². The van der Waals surface area contributed by atoms with Crippen LogP contribution in [0, 0.1) is 5.92 Å². The Balaban J connectivity index is 2.50. The fourth-order valence-electron chi connectivity index (χ4n) is 1.85. The number of carbonyl (C=O) groups is 1. The van der Waals surface area contributed by atoms with Crippen molar-refractivity contribution in [3.05, 3.63) is 12.2 Å². The summed E-state index contributed by atoms with van der Waals surface area (Å²) in [5.41, 5.74) is 0. The van der Waals surface area contributed by atoms with E-state index in [0.29, 0.717) is 13.1 Å². The zero-order chi connectivity index (χ0) is 11.1. The van der Waals surface area contributed by atoms with Crippen LogP contribution in [-0.4, -0.2) is 47.3 Å². The average molecular weight is 213 g/mol. The average Bonchev–Trinajstić information content (AvgIpc) is 2.29. The van der Waals surface area contributed by atoms with Crippen molar-refractivity contribution in [2.24, 2.45) is 5.92 Å². The lowest BCUT2D eigenvalue weighted by molar-refractivity contribution is -0.136. The number of nitrogens with zero attached hydrogens (tertiary/aromatic N) is 1. The molecule has 1 aliphatic carbocycles. The SMILES string of the molecule is O=C(C1CC=CCC1)N(CCO)CCO. The molecule has 0 aromatic rings. The van der Waals surface area contributed by atoms with Crippen LogP contribution in [0.5, 0.6) is 0 Å². The Labute approximate surface area is 90.2 Å². The molecule has 2 N–H and O–H groups in total. The maximum absolute atomic E-state index is 11.9. The quantitative estimate of drug-likeness (QED) is 0.639. The highest BCUT2D eigenvalue weighted by atomic mass is 16.3. The van der Waals surface area contributed by atoms with Gasteiger partial charge in [-0.2, -0.15) is 0 Å². The maximum atomic E-state index is 11.9. The van der Waals surface area contributed by atoms with Gasteiger partial charge in [0.2, 0.25) is 5.91 Å². The lowest BCUT2D eigenvalue weighted by atomic mass is 9.93. The summed E-state index contributed by atoms with van der Waals surface area (Å²) >= 11 is 0. The van der Waals surface area contributed by atoms with Gasteiger partial charge in [-0.1, -0.05) is 12.2 Å². The molecular weight excluding hydrogens is 194 g/mol. The number of amides is 1. The van der Waals surface area contributed by atoms with Crippen LogP contribution >= 0.6 is 0 Å². The molecule has 0 aromatic heterocycles. The second kappa shape index (κ2) is 6.58. The van der Waals surface area contributed by atoms with Crippen LogP contribution in [0.25, 0.3) is 0 Å². The highest BCUT2D eigenvalue weighted by Crippen LogP contribution is 2.20. The van der Waals surface area contributed by atoms with Crippen molar-refractivity contribution in [1.29, 1.82) is 0 Å². The van der Waals surface area contributed by atoms with Gasteiger partial charge in [-0.25, -0.2) is 0 Å². The molecular formula is C11H19NO3. The van der Waals surface area contributed by atoms with Crippen molar-refractivity contribution in [1.82, 2.24) is 4.90 Å². The molecule has 0 heterocycles. The van der Waals surface area contributed by atoms with Gasteiger partial charge in [0.25, 0.3) is 0 Å². The van der Waals surface area contributed by atoms with E-state index in [0.717, 1.165) is 19.3 Å². The second-order valence-electron chi connectivity index (χ2n) is 3.75. The van der Waals surface area contributed by atoms with Gasteiger partial charge in [-0.15, -0.1) is 0 Å². The zero-order valence-corrected chi connectivity index (χ0v) is 8.93. The van der Waals surface area contributed by atoms with Crippen LogP contribution in [0.15, 0.2) is 12.2 Å². The summed E-state index contributed by atoms with van der Waals surface area (Å²) in [6, 6.07) is 0. The molecule has 0 bridgehead atoms. The van der Waals surface area contributed by atoms with E-state index in [1.54, 1.807) is 4.90 Å². The molecule has 0 saturated carbocycles. The third-order valence-corrected chi connectivity index (χ3v) is 2.67. The number of carbonyl (C=O) groups excluding carboxylic acids is 1. The first-order valence-electron chi connectivity index (χ1n) is 5.45. The number of aliphatic hydroxyl groups is 2. The molecule has 1 unspecified atom stereocenters. The summed E-state index contributed by atoms with van der Waals surface area (Å²) in [7, 11) is 0. The summed E-state index contributed by atoms with van der Waals surface area (Å²) in [4.78, 5) is 13.5. The number of allylic oxidation sites excluding steroid dienone is 2. The van der Waals surface area contributed by atoms with Crippen LogP contribution in [0.4, 0.5) is 0 Å². The number of aliphatic hydroxyl groups excluding tert-OH is 2. The van der Waals surface area contributed by atoms with Crippen molar-refractivity contribution in [3.8, 4) is 0 Å². The predicted molar refractivity (Wildman–Crippen MR) is 57.2 cm³/mol. The monoisotopic (exact) mass is 213 g/mol. The maximum Gasteiger partial charge on any atom is 0.226 e. The molecule has 0 aliphatic heterocycles. The fourth-order valence-corrected chi connectivity index (χ4v) is 1.85. The molecule has 1 amide bonds. The minimum absolute atomic E-state index is 0.0353. The van der Waals surface area contributed by atoms with Crippen LogP contribution in [0.3, 0.4) is 0 Å². The van der Waals surface area contributed by atoms with Crippen LogP contribution in [0.2, 0.25) is 0 Å².